The molecule has 0 spiro atoms. The van der Waals surface area contributed by atoms with Crippen molar-refractivity contribution in [2.75, 3.05) is 7.11 Å². The largest absolute Gasteiger partial charge is 0.469 e. The summed E-state index contributed by atoms with van der Waals surface area (Å²) in [7, 11) is 1.51. The van der Waals surface area contributed by atoms with Gasteiger partial charge in [-0.3, -0.25) is 4.79 Å². The zero-order valence-electron chi connectivity index (χ0n) is 23.1. The summed E-state index contributed by atoms with van der Waals surface area (Å²) < 4.78 is 11.8. The third kappa shape index (κ3) is 3.75. The van der Waals surface area contributed by atoms with Gasteiger partial charge in [-0.15, -0.1) is 0 Å². The van der Waals surface area contributed by atoms with Crippen LogP contribution in [0.4, 0.5) is 0 Å². The summed E-state index contributed by atoms with van der Waals surface area (Å²) >= 11 is 0. The standard InChI is InChI=1S/C31H50O3/c1-20(2)22-12-18-30(7)26(28(22,5)16-15-27(32)33-9)11-10-23-24(13-17-29(23,30)6)31(8)19-14-25(34-31)21(3)4/h22-26H,1,3,10-19H2,2,4-9H3. The van der Waals surface area contributed by atoms with Crippen molar-refractivity contribution < 1.29 is 14.3 Å². The fourth-order valence-electron chi connectivity index (χ4n) is 9.95. The summed E-state index contributed by atoms with van der Waals surface area (Å²) in [6.07, 6.45) is 11.5. The fourth-order valence-corrected chi connectivity index (χ4v) is 9.95. The third-order valence-electron chi connectivity index (χ3n) is 12.0. The number of fused-ring (bicyclic) bond motifs is 3. The van der Waals surface area contributed by atoms with E-state index in [0.717, 1.165) is 19.3 Å². The lowest BCUT2D eigenvalue weighted by Crippen LogP contribution is -2.60. The molecule has 0 radical (unpaired) electrons. The lowest BCUT2D eigenvalue weighted by molar-refractivity contribution is -0.181. The van der Waals surface area contributed by atoms with E-state index in [9.17, 15) is 4.79 Å². The summed E-state index contributed by atoms with van der Waals surface area (Å²) in [4.78, 5) is 12.2. The quantitative estimate of drug-likeness (QED) is 0.292. The highest BCUT2D eigenvalue weighted by Gasteiger charge is 2.67. The van der Waals surface area contributed by atoms with Gasteiger partial charge in [0.1, 0.15) is 0 Å². The van der Waals surface area contributed by atoms with Crippen LogP contribution in [-0.2, 0) is 14.3 Å². The SMILES string of the molecule is C=C(C)C1CCC(C)(C2CCC3(C)C2CCC2C(C)(CCC(=O)OC)C(C(=C)C)CCC23C)O1. The molecule has 1 heterocycles. The number of esters is 1. The molecule has 0 amide bonds. The number of methoxy groups -OCH3 is 1. The zero-order valence-corrected chi connectivity index (χ0v) is 23.1. The van der Waals surface area contributed by atoms with E-state index in [1.54, 1.807) is 0 Å². The van der Waals surface area contributed by atoms with Crippen molar-refractivity contribution in [3.63, 3.8) is 0 Å². The number of carbonyl (C=O) groups excluding carboxylic acids is 1. The molecule has 1 saturated heterocycles. The van der Waals surface area contributed by atoms with Crippen molar-refractivity contribution in [1.82, 2.24) is 0 Å². The van der Waals surface area contributed by atoms with Gasteiger partial charge in [-0.1, -0.05) is 45.1 Å². The lowest BCUT2D eigenvalue weighted by atomic mass is 9.38. The van der Waals surface area contributed by atoms with Gasteiger partial charge in [-0.25, -0.2) is 0 Å². The fraction of sp³-hybridized carbons (Fsp3) is 0.839. The Hall–Kier alpha value is -1.09. The lowest BCUT2D eigenvalue weighted by Gasteiger charge is -2.66. The molecule has 0 bridgehead atoms. The van der Waals surface area contributed by atoms with Crippen molar-refractivity contribution in [1.29, 1.82) is 0 Å². The molecule has 3 heteroatoms. The number of allylic oxidation sites excluding steroid dienone is 1. The molecule has 9 unspecified atom stereocenters. The van der Waals surface area contributed by atoms with E-state index in [0.29, 0.717) is 35.5 Å². The van der Waals surface area contributed by atoms with Gasteiger partial charge in [0.15, 0.2) is 0 Å². The molecule has 4 aliphatic rings. The summed E-state index contributed by atoms with van der Waals surface area (Å²) in [6, 6.07) is 0. The summed E-state index contributed by atoms with van der Waals surface area (Å²) in [5.41, 5.74) is 3.16. The minimum Gasteiger partial charge on any atom is -0.469 e. The second-order valence-electron chi connectivity index (χ2n) is 13.5. The van der Waals surface area contributed by atoms with Crippen LogP contribution in [0.3, 0.4) is 0 Å². The molecule has 3 aliphatic carbocycles. The van der Waals surface area contributed by atoms with Crippen LogP contribution in [0, 0.1) is 39.9 Å². The normalized spacial score (nSPS) is 48.1. The molecule has 0 aromatic carbocycles. The molecule has 0 aromatic rings. The van der Waals surface area contributed by atoms with Crippen LogP contribution in [-0.4, -0.2) is 24.8 Å². The van der Waals surface area contributed by atoms with Gasteiger partial charge in [-0.05, 0) is 118 Å². The number of carbonyl (C=O) groups is 1. The van der Waals surface area contributed by atoms with E-state index in [-0.39, 0.29) is 28.5 Å². The van der Waals surface area contributed by atoms with Crippen LogP contribution in [0.5, 0.6) is 0 Å². The first-order valence-electron chi connectivity index (χ1n) is 13.9. The van der Waals surface area contributed by atoms with Crippen LogP contribution >= 0.6 is 0 Å². The second-order valence-corrected chi connectivity index (χ2v) is 13.5. The van der Waals surface area contributed by atoms with Crippen molar-refractivity contribution in [2.24, 2.45) is 39.9 Å². The zero-order chi connectivity index (χ0) is 25.1. The van der Waals surface area contributed by atoms with E-state index >= 15 is 0 Å². The van der Waals surface area contributed by atoms with E-state index in [1.807, 2.05) is 0 Å². The predicted octanol–water partition coefficient (Wildman–Crippen LogP) is 7.89. The summed E-state index contributed by atoms with van der Waals surface area (Å²) in [5.74, 6) is 2.38. The number of rotatable bonds is 6. The minimum atomic E-state index is -0.0758. The molecule has 192 valence electrons. The molecule has 1 aliphatic heterocycles. The molecule has 9 atom stereocenters. The van der Waals surface area contributed by atoms with Gasteiger partial charge in [-0.2, -0.15) is 0 Å². The van der Waals surface area contributed by atoms with Gasteiger partial charge < -0.3 is 9.47 Å². The van der Waals surface area contributed by atoms with Crippen LogP contribution in [0.25, 0.3) is 0 Å². The first-order chi connectivity index (χ1) is 15.8. The van der Waals surface area contributed by atoms with Crippen molar-refractivity contribution in [3.05, 3.63) is 24.3 Å². The van der Waals surface area contributed by atoms with Crippen molar-refractivity contribution in [3.8, 4) is 0 Å². The van der Waals surface area contributed by atoms with E-state index in [1.165, 1.54) is 56.8 Å². The maximum absolute atomic E-state index is 12.2. The smallest absolute Gasteiger partial charge is 0.305 e. The highest BCUT2D eigenvalue weighted by molar-refractivity contribution is 5.69. The van der Waals surface area contributed by atoms with E-state index < -0.39 is 0 Å². The monoisotopic (exact) mass is 470 g/mol. The Labute approximate surface area is 209 Å². The van der Waals surface area contributed by atoms with Crippen molar-refractivity contribution in [2.45, 2.75) is 117 Å². The average molecular weight is 471 g/mol. The highest BCUT2D eigenvalue weighted by Crippen LogP contribution is 2.74. The third-order valence-corrected chi connectivity index (χ3v) is 12.0. The molecular weight excluding hydrogens is 420 g/mol. The Morgan fingerprint density at radius 1 is 0.882 bits per heavy atom. The van der Waals surface area contributed by atoms with Gasteiger partial charge in [0, 0.05) is 6.42 Å². The molecule has 0 N–H and O–H groups in total. The van der Waals surface area contributed by atoms with Gasteiger partial charge in [0.2, 0.25) is 0 Å². The maximum atomic E-state index is 12.2. The number of ether oxygens (including phenoxy) is 2. The summed E-state index contributed by atoms with van der Waals surface area (Å²) in [5, 5.41) is 0. The van der Waals surface area contributed by atoms with Crippen LogP contribution < -0.4 is 0 Å². The van der Waals surface area contributed by atoms with Gasteiger partial charge in [0.25, 0.3) is 0 Å². The number of hydrogen-bond donors (Lipinski definition) is 0. The average Bonchev–Trinajstić information content (AvgIpc) is 3.34. The Balaban J connectivity index is 1.64. The number of hydrogen-bond acceptors (Lipinski definition) is 3. The molecule has 4 rings (SSSR count). The Morgan fingerprint density at radius 3 is 2.15 bits per heavy atom. The van der Waals surface area contributed by atoms with Crippen LogP contribution in [0.1, 0.15) is 106 Å². The molecular formula is C31H50O3. The minimum absolute atomic E-state index is 0.0155. The first kappa shape index (κ1) is 26.0. The molecule has 4 fully saturated rings. The predicted molar refractivity (Wildman–Crippen MR) is 139 cm³/mol. The van der Waals surface area contributed by atoms with Gasteiger partial charge in [0.05, 0.1) is 18.8 Å². The Morgan fingerprint density at radius 2 is 1.56 bits per heavy atom. The molecule has 3 nitrogen and oxygen atoms in total. The summed E-state index contributed by atoms with van der Waals surface area (Å²) in [6.45, 7) is 23.1. The Kier molecular flexibility index (Phi) is 6.71. The molecule has 34 heavy (non-hydrogen) atoms. The second kappa shape index (κ2) is 8.79. The van der Waals surface area contributed by atoms with Crippen LogP contribution in [0.2, 0.25) is 0 Å². The van der Waals surface area contributed by atoms with Crippen molar-refractivity contribution >= 4 is 5.97 Å². The highest BCUT2D eigenvalue weighted by atomic mass is 16.5. The van der Waals surface area contributed by atoms with E-state index in [4.69, 9.17) is 9.47 Å². The van der Waals surface area contributed by atoms with Gasteiger partial charge >= 0.3 is 5.97 Å². The topological polar surface area (TPSA) is 35.5 Å². The first-order valence-corrected chi connectivity index (χ1v) is 13.9. The maximum Gasteiger partial charge on any atom is 0.305 e. The molecule has 3 saturated carbocycles. The van der Waals surface area contributed by atoms with E-state index in [2.05, 4.69) is 54.7 Å². The molecule has 0 aromatic heterocycles. The Bertz CT molecular complexity index is 846. The van der Waals surface area contributed by atoms with Crippen LogP contribution in [0.15, 0.2) is 24.3 Å².